The molecule has 0 atom stereocenters. The number of nitrogens with one attached hydrogen (secondary N) is 2. The molecule has 0 bridgehead atoms. The van der Waals surface area contributed by atoms with Crippen LogP contribution in [0, 0.1) is 6.92 Å². The molecule has 6 nitrogen and oxygen atoms in total. The molecule has 0 aliphatic rings. The zero-order chi connectivity index (χ0) is 12.9. The SMILES string of the molecule is Cc1cc(CS(=O)(=O)NCCNC(C)C)no1. The lowest BCUT2D eigenvalue weighted by Gasteiger charge is -2.08. The maximum absolute atomic E-state index is 11.6. The number of hydrogen-bond acceptors (Lipinski definition) is 5. The van der Waals surface area contributed by atoms with Crippen molar-refractivity contribution < 1.29 is 12.9 Å². The third-order valence-corrected chi connectivity index (χ3v) is 3.33. The van der Waals surface area contributed by atoms with E-state index in [0.717, 1.165) is 0 Å². The third-order valence-electron chi connectivity index (χ3n) is 2.01. The van der Waals surface area contributed by atoms with Gasteiger partial charge in [0.2, 0.25) is 10.0 Å². The summed E-state index contributed by atoms with van der Waals surface area (Å²) in [5.74, 6) is 0.461. The maximum Gasteiger partial charge on any atom is 0.217 e. The monoisotopic (exact) mass is 261 g/mol. The molecule has 1 aromatic rings. The summed E-state index contributed by atoms with van der Waals surface area (Å²) < 4.78 is 30.6. The van der Waals surface area contributed by atoms with Gasteiger partial charge in [-0.2, -0.15) is 0 Å². The van der Waals surface area contributed by atoms with Crippen molar-refractivity contribution in [3.8, 4) is 0 Å². The summed E-state index contributed by atoms with van der Waals surface area (Å²) in [5.41, 5.74) is 0.423. The van der Waals surface area contributed by atoms with Crippen molar-refractivity contribution in [3.05, 3.63) is 17.5 Å². The fourth-order valence-electron chi connectivity index (χ4n) is 1.30. The van der Waals surface area contributed by atoms with Crippen molar-refractivity contribution in [2.24, 2.45) is 0 Å². The second-order valence-electron chi connectivity index (χ2n) is 4.19. The molecule has 0 saturated carbocycles. The molecule has 0 fully saturated rings. The third kappa shape index (κ3) is 5.81. The van der Waals surface area contributed by atoms with Crippen molar-refractivity contribution >= 4 is 10.0 Å². The van der Waals surface area contributed by atoms with Crippen LogP contribution in [-0.4, -0.2) is 32.7 Å². The minimum absolute atomic E-state index is 0.147. The summed E-state index contributed by atoms with van der Waals surface area (Å²) in [4.78, 5) is 0. The van der Waals surface area contributed by atoms with Gasteiger partial charge in [-0.3, -0.25) is 0 Å². The van der Waals surface area contributed by atoms with Crippen LogP contribution in [0.25, 0.3) is 0 Å². The fourth-order valence-corrected chi connectivity index (χ4v) is 2.34. The summed E-state index contributed by atoms with van der Waals surface area (Å²) in [7, 11) is -3.33. The predicted octanol–water partition coefficient (Wildman–Crippen LogP) is 0.400. The summed E-state index contributed by atoms with van der Waals surface area (Å²) in [6.07, 6.45) is 0. The smallest absolute Gasteiger partial charge is 0.217 e. The van der Waals surface area contributed by atoms with E-state index in [2.05, 4.69) is 15.2 Å². The first-order chi connectivity index (χ1) is 7.89. The maximum atomic E-state index is 11.6. The Labute approximate surface area is 102 Å². The van der Waals surface area contributed by atoms with Crippen molar-refractivity contribution in [2.75, 3.05) is 13.1 Å². The van der Waals surface area contributed by atoms with Crippen LogP contribution >= 0.6 is 0 Å². The molecular formula is C10H19N3O3S. The number of nitrogens with zero attached hydrogens (tertiary/aromatic N) is 1. The van der Waals surface area contributed by atoms with Gasteiger partial charge in [0.15, 0.2) is 0 Å². The highest BCUT2D eigenvalue weighted by Crippen LogP contribution is 2.05. The molecule has 98 valence electrons. The summed E-state index contributed by atoms with van der Waals surface area (Å²) in [5, 5.41) is 6.77. The second-order valence-corrected chi connectivity index (χ2v) is 6.00. The van der Waals surface area contributed by atoms with Gasteiger partial charge in [0.25, 0.3) is 0 Å². The Hall–Kier alpha value is -0.920. The average molecular weight is 261 g/mol. The topological polar surface area (TPSA) is 84.2 Å². The van der Waals surface area contributed by atoms with Crippen LogP contribution in [0.15, 0.2) is 10.6 Å². The lowest BCUT2D eigenvalue weighted by atomic mass is 10.4. The van der Waals surface area contributed by atoms with E-state index in [-0.39, 0.29) is 5.75 Å². The van der Waals surface area contributed by atoms with Crippen LogP contribution in [0.2, 0.25) is 0 Å². The first kappa shape index (κ1) is 14.1. The molecule has 2 N–H and O–H groups in total. The summed E-state index contributed by atoms with van der Waals surface area (Å²) in [6, 6.07) is 1.96. The molecular weight excluding hydrogens is 242 g/mol. The van der Waals surface area contributed by atoms with Gasteiger partial charge in [-0.1, -0.05) is 19.0 Å². The van der Waals surface area contributed by atoms with Crippen LogP contribution < -0.4 is 10.0 Å². The lowest BCUT2D eigenvalue weighted by molar-refractivity contribution is 0.392. The molecule has 0 saturated heterocycles. The summed E-state index contributed by atoms with van der Waals surface area (Å²) >= 11 is 0. The Morgan fingerprint density at radius 1 is 1.41 bits per heavy atom. The van der Waals surface area contributed by atoms with Gasteiger partial charge in [-0.25, -0.2) is 13.1 Å². The van der Waals surface area contributed by atoms with E-state index in [1.54, 1.807) is 13.0 Å². The normalized spacial score (nSPS) is 12.2. The van der Waals surface area contributed by atoms with E-state index < -0.39 is 10.0 Å². The molecule has 0 aliphatic heterocycles. The van der Waals surface area contributed by atoms with Crippen LogP contribution in [0.1, 0.15) is 25.3 Å². The van der Waals surface area contributed by atoms with Crippen LogP contribution in [0.4, 0.5) is 0 Å². The van der Waals surface area contributed by atoms with E-state index in [0.29, 0.717) is 30.6 Å². The van der Waals surface area contributed by atoms with E-state index in [4.69, 9.17) is 4.52 Å². The summed E-state index contributed by atoms with van der Waals surface area (Å²) in [6.45, 7) is 6.72. The Bertz CT molecular complexity index is 439. The Morgan fingerprint density at radius 2 is 2.12 bits per heavy atom. The van der Waals surface area contributed by atoms with E-state index in [1.807, 2.05) is 13.8 Å². The standard InChI is InChI=1S/C10H19N3O3S/c1-8(2)11-4-5-12-17(14,15)7-10-6-9(3)16-13-10/h6,8,11-12H,4-5,7H2,1-3H3. The average Bonchev–Trinajstić information content (AvgIpc) is 2.57. The molecule has 0 unspecified atom stereocenters. The van der Waals surface area contributed by atoms with Crippen molar-refractivity contribution in [1.82, 2.24) is 15.2 Å². The highest BCUT2D eigenvalue weighted by Gasteiger charge is 2.13. The molecule has 1 rings (SSSR count). The van der Waals surface area contributed by atoms with Gasteiger partial charge in [0.05, 0.1) is 0 Å². The zero-order valence-electron chi connectivity index (χ0n) is 10.4. The number of aromatic nitrogens is 1. The fraction of sp³-hybridized carbons (Fsp3) is 0.700. The van der Waals surface area contributed by atoms with Crippen LogP contribution in [-0.2, 0) is 15.8 Å². The van der Waals surface area contributed by atoms with Gasteiger partial charge < -0.3 is 9.84 Å². The van der Waals surface area contributed by atoms with Gasteiger partial charge in [0.1, 0.15) is 17.2 Å². The van der Waals surface area contributed by atoms with Gasteiger partial charge in [-0.15, -0.1) is 0 Å². The molecule has 0 spiro atoms. The Balaban J connectivity index is 2.36. The minimum atomic E-state index is -3.33. The minimum Gasteiger partial charge on any atom is -0.361 e. The molecule has 7 heteroatoms. The number of aryl methyl sites for hydroxylation is 1. The Morgan fingerprint density at radius 3 is 2.65 bits per heavy atom. The molecule has 0 aromatic carbocycles. The quantitative estimate of drug-likeness (QED) is 0.694. The highest BCUT2D eigenvalue weighted by atomic mass is 32.2. The second kappa shape index (κ2) is 6.13. The molecule has 0 amide bonds. The number of rotatable bonds is 7. The molecule has 0 aliphatic carbocycles. The van der Waals surface area contributed by atoms with E-state index in [9.17, 15) is 8.42 Å². The first-order valence-corrected chi connectivity index (χ1v) is 7.17. The Kier molecular flexibility index (Phi) is 5.10. The molecule has 0 radical (unpaired) electrons. The first-order valence-electron chi connectivity index (χ1n) is 5.52. The van der Waals surface area contributed by atoms with Crippen LogP contribution in [0.5, 0.6) is 0 Å². The van der Waals surface area contributed by atoms with Crippen LogP contribution in [0.3, 0.4) is 0 Å². The lowest BCUT2D eigenvalue weighted by Crippen LogP contribution is -2.35. The molecule has 1 heterocycles. The van der Waals surface area contributed by atoms with Gasteiger partial charge in [-0.05, 0) is 6.92 Å². The molecule has 1 aromatic heterocycles. The van der Waals surface area contributed by atoms with Crippen molar-refractivity contribution in [2.45, 2.75) is 32.6 Å². The zero-order valence-corrected chi connectivity index (χ0v) is 11.2. The highest BCUT2D eigenvalue weighted by molar-refractivity contribution is 7.88. The molecule has 17 heavy (non-hydrogen) atoms. The van der Waals surface area contributed by atoms with Gasteiger partial charge >= 0.3 is 0 Å². The predicted molar refractivity (Wildman–Crippen MR) is 65.0 cm³/mol. The number of hydrogen-bond donors (Lipinski definition) is 2. The number of sulfonamides is 1. The van der Waals surface area contributed by atoms with E-state index in [1.165, 1.54) is 0 Å². The van der Waals surface area contributed by atoms with Gasteiger partial charge in [0, 0.05) is 25.2 Å². The van der Waals surface area contributed by atoms with E-state index >= 15 is 0 Å². The largest absolute Gasteiger partial charge is 0.361 e. The van der Waals surface area contributed by atoms with Crippen molar-refractivity contribution in [3.63, 3.8) is 0 Å². The van der Waals surface area contributed by atoms with Crippen molar-refractivity contribution in [1.29, 1.82) is 0 Å².